The summed E-state index contributed by atoms with van der Waals surface area (Å²) in [7, 11) is 0. The van der Waals surface area contributed by atoms with E-state index in [1.807, 2.05) is 0 Å². The van der Waals surface area contributed by atoms with Gasteiger partial charge in [-0.05, 0) is 24.1 Å². The predicted molar refractivity (Wildman–Crippen MR) is 111 cm³/mol. The number of hydrogen-bond donors (Lipinski definition) is 0. The van der Waals surface area contributed by atoms with Crippen molar-refractivity contribution in [2.45, 2.75) is 32.5 Å². The van der Waals surface area contributed by atoms with Crippen LogP contribution in [-0.2, 0) is 24.3 Å². The van der Waals surface area contributed by atoms with Crippen LogP contribution in [0.1, 0.15) is 23.7 Å². The van der Waals surface area contributed by atoms with Gasteiger partial charge >= 0.3 is 0 Å². The van der Waals surface area contributed by atoms with Gasteiger partial charge in [0.25, 0.3) is 0 Å². The molecule has 0 spiro atoms. The molecule has 1 atom stereocenters. The highest BCUT2D eigenvalue weighted by molar-refractivity contribution is 6.28. The maximum Gasteiger partial charge on any atom is 0.224 e. The number of piperazine rings is 1. The van der Waals surface area contributed by atoms with E-state index < -0.39 is 0 Å². The average Bonchev–Trinajstić information content (AvgIpc) is 2.69. The number of carbonyl (C=O) groups is 1. The summed E-state index contributed by atoms with van der Waals surface area (Å²) in [6.07, 6.45) is 1.87. The minimum absolute atomic E-state index is 0.272. The second kappa shape index (κ2) is 8.55. The topological polar surface area (TPSA) is 52.6 Å². The maximum atomic E-state index is 10.9. The van der Waals surface area contributed by atoms with Gasteiger partial charge in [0.1, 0.15) is 12.1 Å². The first-order valence-electron chi connectivity index (χ1n) is 9.88. The molecule has 1 aromatic carbocycles. The van der Waals surface area contributed by atoms with Crippen LogP contribution in [0.15, 0.2) is 30.3 Å². The van der Waals surface area contributed by atoms with Gasteiger partial charge in [-0.2, -0.15) is 0 Å². The predicted octanol–water partition coefficient (Wildman–Crippen LogP) is 2.40. The molecule has 0 radical (unpaired) electrons. The minimum atomic E-state index is 0.272. The lowest BCUT2D eigenvalue weighted by atomic mass is 10.0. The molecular weight excluding hydrogens is 374 g/mol. The van der Waals surface area contributed by atoms with Crippen LogP contribution in [0.4, 0.5) is 5.82 Å². The SMILES string of the molecule is CC1CN(CC=O)CCN1c1nc(Cl)nc2c1CN(Cc1ccccc1)CC2. The van der Waals surface area contributed by atoms with Crippen molar-refractivity contribution in [2.24, 2.45) is 0 Å². The molecule has 148 valence electrons. The van der Waals surface area contributed by atoms with Gasteiger partial charge in [-0.3, -0.25) is 9.80 Å². The molecule has 0 N–H and O–H groups in total. The van der Waals surface area contributed by atoms with E-state index in [1.165, 1.54) is 11.1 Å². The Bertz CT molecular complexity index is 831. The van der Waals surface area contributed by atoms with Crippen LogP contribution in [-0.4, -0.2) is 64.8 Å². The molecule has 7 heteroatoms. The minimum Gasteiger partial charge on any atom is -0.351 e. The fourth-order valence-corrected chi connectivity index (χ4v) is 4.44. The Morgan fingerprint density at radius 1 is 1.14 bits per heavy atom. The van der Waals surface area contributed by atoms with E-state index in [0.717, 1.165) is 63.5 Å². The van der Waals surface area contributed by atoms with E-state index in [0.29, 0.717) is 11.8 Å². The summed E-state index contributed by atoms with van der Waals surface area (Å²) in [6, 6.07) is 10.8. The monoisotopic (exact) mass is 399 g/mol. The van der Waals surface area contributed by atoms with Gasteiger partial charge in [-0.1, -0.05) is 30.3 Å². The summed E-state index contributed by atoms with van der Waals surface area (Å²) in [5.41, 5.74) is 3.59. The van der Waals surface area contributed by atoms with E-state index in [-0.39, 0.29) is 6.04 Å². The lowest BCUT2D eigenvalue weighted by Crippen LogP contribution is -2.53. The summed E-state index contributed by atoms with van der Waals surface area (Å²) < 4.78 is 0. The summed E-state index contributed by atoms with van der Waals surface area (Å²) >= 11 is 6.27. The first-order valence-corrected chi connectivity index (χ1v) is 10.3. The second-order valence-electron chi connectivity index (χ2n) is 7.66. The number of rotatable bonds is 5. The van der Waals surface area contributed by atoms with Crippen LogP contribution in [0.25, 0.3) is 0 Å². The number of anilines is 1. The molecule has 2 aromatic rings. The molecule has 0 saturated carbocycles. The zero-order valence-corrected chi connectivity index (χ0v) is 17.0. The largest absolute Gasteiger partial charge is 0.351 e. The normalized spacial score (nSPS) is 20.8. The standard InChI is InChI=1S/C21H26ClN5O/c1-16-13-25(11-12-28)9-10-27(16)20-18-15-26(14-17-5-3-2-4-6-17)8-7-19(18)23-21(22)24-20/h2-6,12,16H,7-11,13-15H2,1H3. The molecule has 0 aliphatic carbocycles. The summed E-state index contributed by atoms with van der Waals surface area (Å²) in [6.45, 7) is 7.94. The average molecular weight is 400 g/mol. The third-order valence-electron chi connectivity index (χ3n) is 5.66. The quantitative estimate of drug-likeness (QED) is 0.568. The number of carbonyl (C=O) groups excluding carboxylic acids is 1. The summed E-state index contributed by atoms with van der Waals surface area (Å²) in [5, 5.41) is 0.327. The number of nitrogens with zero attached hydrogens (tertiary/aromatic N) is 5. The van der Waals surface area contributed by atoms with Crippen LogP contribution in [0, 0.1) is 0 Å². The fraction of sp³-hybridized carbons (Fsp3) is 0.476. The Morgan fingerprint density at radius 3 is 2.71 bits per heavy atom. The molecule has 2 aliphatic heterocycles. The Labute approximate surface area is 171 Å². The van der Waals surface area contributed by atoms with Crippen molar-refractivity contribution in [2.75, 3.05) is 37.6 Å². The second-order valence-corrected chi connectivity index (χ2v) is 7.99. The molecule has 1 saturated heterocycles. The molecule has 0 amide bonds. The van der Waals surface area contributed by atoms with Crippen LogP contribution in [0.2, 0.25) is 5.28 Å². The van der Waals surface area contributed by atoms with Crippen molar-refractivity contribution in [3.8, 4) is 0 Å². The van der Waals surface area contributed by atoms with Crippen LogP contribution >= 0.6 is 11.6 Å². The number of halogens is 1. The lowest BCUT2D eigenvalue weighted by Gasteiger charge is -2.41. The van der Waals surface area contributed by atoms with Crippen molar-refractivity contribution >= 4 is 23.7 Å². The molecule has 2 aliphatic rings. The van der Waals surface area contributed by atoms with Crippen LogP contribution in [0.3, 0.4) is 0 Å². The van der Waals surface area contributed by atoms with Crippen molar-refractivity contribution in [3.63, 3.8) is 0 Å². The molecular formula is C21H26ClN5O. The molecule has 3 heterocycles. The fourth-order valence-electron chi connectivity index (χ4n) is 4.26. The first kappa shape index (κ1) is 19.3. The van der Waals surface area contributed by atoms with Gasteiger partial charge < -0.3 is 9.69 Å². The molecule has 1 aromatic heterocycles. The third kappa shape index (κ3) is 4.19. The Hall–Kier alpha value is -2.02. The van der Waals surface area contributed by atoms with E-state index in [9.17, 15) is 4.79 Å². The molecule has 1 unspecified atom stereocenters. The maximum absolute atomic E-state index is 10.9. The number of hydrogen-bond acceptors (Lipinski definition) is 6. The van der Waals surface area contributed by atoms with Crippen molar-refractivity contribution in [1.29, 1.82) is 0 Å². The molecule has 1 fully saturated rings. The Kier molecular flexibility index (Phi) is 5.90. The summed E-state index contributed by atoms with van der Waals surface area (Å²) in [5.74, 6) is 0.964. The molecule has 4 rings (SSSR count). The smallest absolute Gasteiger partial charge is 0.224 e. The third-order valence-corrected chi connectivity index (χ3v) is 5.82. The Morgan fingerprint density at radius 2 is 1.96 bits per heavy atom. The van der Waals surface area contributed by atoms with Gasteiger partial charge in [0.15, 0.2) is 0 Å². The zero-order chi connectivity index (χ0) is 19.5. The lowest BCUT2D eigenvalue weighted by molar-refractivity contribution is -0.109. The highest BCUT2D eigenvalue weighted by atomic mass is 35.5. The summed E-state index contributed by atoms with van der Waals surface area (Å²) in [4.78, 5) is 27.0. The zero-order valence-electron chi connectivity index (χ0n) is 16.2. The van der Waals surface area contributed by atoms with Gasteiger partial charge in [0, 0.05) is 57.3 Å². The van der Waals surface area contributed by atoms with E-state index in [4.69, 9.17) is 11.6 Å². The van der Waals surface area contributed by atoms with Crippen molar-refractivity contribution in [3.05, 3.63) is 52.4 Å². The Balaban J connectivity index is 1.56. The van der Waals surface area contributed by atoms with Gasteiger partial charge in [-0.25, -0.2) is 9.97 Å². The first-order chi connectivity index (χ1) is 13.6. The highest BCUT2D eigenvalue weighted by Crippen LogP contribution is 2.30. The van der Waals surface area contributed by atoms with Crippen molar-refractivity contribution in [1.82, 2.24) is 19.8 Å². The van der Waals surface area contributed by atoms with E-state index in [1.54, 1.807) is 0 Å². The molecule has 28 heavy (non-hydrogen) atoms. The van der Waals surface area contributed by atoms with Crippen molar-refractivity contribution < 1.29 is 4.79 Å². The number of fused-ring (bicyclic) bond motifs is 1. The number of aromatic nitrogens is 2. The highest BCUT2D eigenvalue weighted by Gasteiger charge is 2.30. The molecule has 6 nitrogen and oxygen atoms in total. The van der Waals surface area contributed by atoms with E-state index >= 15 is 0 Å². The van der Waals surface area contributed by atoms with Crippen LogP contribution < -0.4 is 4.90 Å². The van der Waals surface area contributed by atoms with Crippen LogP contribution in [0.5, 0.6) is 0 Å². The number of aldehydes is 1. The van der Waals surface area contributed by atoms with Gasteiger partial charge in [0.2, 0.25) is 5.28 Å². The van der Waals surface area contributed by atoms with Gasteiger partial charge in [-0.15, -0.1) is 0 Å². The van der Waals surface area contributed by atoms with Gasteiger partial charge in [0.05, 0.1) is 12.2 Å². The van der Waals surface area contributed by atoms with E-state index in [2.05, 4.69) is 61.9 Å². The molecule has 0 bridgehead atoms. The number of benzene rings is 1.